The minimum absolute atomic E-state index is 0.0297. The van der Waals surface area contributed by atoms with Crippen molar-refractivity contribution in [1.82, 2.24) is 20.0 Å². The van der Waals surface area contributed by atoms with Crippen LogP contribution in [0.5, 0.6) is 0 Å². The topological polar surface area (TPSA) is 49.3 Å². The summed E-state index contributed by atoms with van der Waals surface area (Å²) in [6, 6.07) is 3.78. The molecule has 3 rings (SSSR count). The Labute approximate surface area is 117 Å². The zero-order valence-electron chi connectivity index (χ0n) is 10.8. The summed E-state index contributed by atoms with van der Waals surface area (Å²) in [7, 11) is 0. The van der Waals surface area contributed by atoms with Crippen molar-refractivity contribution in [1.29, 1.82) is 0 Å². The first-order chi connectivity index (χ1) is 9.24. The van der Waals surface area contributed by atoms with Gasteiger partial charge in [0, 0.05) is 25.7 Å². The molecule has 0 spiro atoms. The predicted octanol–water partition coefficient (Wildman–Crippen LogP) is 1.44. The number of halogens is 1. The van der Waals surface area contributed by atoms with E-state index in [9.17, 15) is 4.79 Å². The number of carbonyl (C=O) groups excluding carboxylic acids is 1. The average molecular weight is 281 g/mol. The number of nitrogens with zero attached hydrogens (tertiary/aromatic N) is 4. The normalized spacial score (nSPS) is 24.1. The summed E-state index contributed by atoms with van der Waals surface area (Å²) >= 11 is 5.70. The largest absolute Gasteiger partial charge is 0.336 e. The third kappa shape index (κ3) is 2.72. The molecule has 2 aliphatic heterocycles. The highest BCUT2D eigenvalue weighted by Crippen LogP contribution is 2.22. The molecule has 6 heteroatoms. The average Bonchev–Trinajstić information content (AvgIpc) is 2.76. The molecule has 0 N–H and O–H groups in total. The Morgan fingerprint density at radius 1 is 1.21 bits per heavy atom. The van der Waals surface area contributed by atoms with Gasteiger partial charge in [0.05, 0.1) is 0 Å². The number of carbonyl (C=O) groups is 1. The van der Waals surface area contributed by atoms with Crippen molar-refractivity contribution in [3.8, 4) is 0 Å². The molecule has 0 bridgehead atoms. The molecule has 19 heavy (non-hydrogen) atoms. The molecule has 3 heterocycles. The summed E-state index contributed by atoms with van der Waals surface area (Å²) in [4.78, 5) is 16.8. The van der Waals surface area contributed by atoms with E-state index in [1.165, 1.54) is 19.4 Å². The Morgan fingerprint density at radius 2 is 2.05 bits per heavy atom. The molecule has 102 valence electrons. The molecule has 1 aromatic heterocycles. The molecule has 5 nitrogen and oxygen atoms in total. The van der Waals surface area contributed by atoms with Gasteiger partial charge in [-0.15, -0.1) is 10.2 Å². The summed E-state index contributed by atoms with van der Waals surface area (Å²) in [5.74, 6) is -0.0297. The van der Waals surface area contributed by atoms with Gasteiger partial charge in [-0.1, -0.05) is 11.6 Å². The van der Waals surface area contributed by atoms with Crippen LogP contribution in [-0.4, -0.2) is 58.1 Å². The first-order valence-corrected chi connectivity index (χ1v) is 7.14. The number of rotatable bonds is 1. The van der Waals surface area contributed by atoms with Gasteiger partial charge in [-0.05, 0) is 37.9 Å². The summed E-state index contributed by atoms with van der Waals surface area (Å²) in [6.07, 6.45) is 3.47. The highest BCUT2D eigenvalue weighted by Gasteiger charge is 2.31. The van der Waals surface area contributed by atoms with Gasteiger partial charge < -0.3 is 4.90 Å². The molecule has 1 atom stereocenters. The molecule has 0 saturated carbocycles. The Kier molecular flexibility index (Phi) is 3.66. The van der Waals surface area contributed by atoms with E-state index in [1.54, 1.807) is 12.1 Å². The van der Waals surface area contributed by atoms with Crippen LogP contribution in [0.1, 0.15) is 29.8 Å². The maximum Gasteiger partial charge on any atom is 0.274 e. The molecule has 2 aliphatic rings. The van der Waals surface area contributed by atoms with Gasteiger partial charge in [0.15, 0.2) is 10.8 Å². The molecule has 0 aromatic carbocycles. The minimum atomic E-state index is -0.0297. The van der Waals surface area contributed by atoms with Crippen molar-refractivity contribution in [2.45, 2.75) is 25.3 Å². The Balaban J connectivity index is 1.73. The maximum atomic E-state index is 12.4. The van der Waals surface area contributed by atoms with Crippen LogP contribution in [0, 0.1) is 0 Å². The number of aromatic nitrogens is 2. The number of hydrogen-bond acceptors (Lipinski definition) is 4. The Morgan fingerprint density at radius 3 is 2.84 bits per heavy atom. The lowest BCUT2D eigenvalue weighted by Crippen LogP contribution is -2.40. The lowest BCUT2D eigenvalue weighted by atomic mass is 10.2. The first-order valence-electron chi connectivity index (χ1n) is 6.76. The van der Waals surface area contributed by atoms with Gasteiger partial charge in [-0.2, -0.15) is 0 Å². The smallest absolute Gasteiger partial charge is 0.274 e. The standard InChI is InChI=1S/C13H17ClN4O/c14-12-5-4-11(15-16-12)13(19)18-8-2-7-17-6-1-3-10(17)9-18/h4-5,10H,1-3,6-9H2. The van der Waals surface area contributed by atoms with Gasteiger partial charge in [0.1, 0.15) is 0 Å². The third-order valence-corrected chi connectivity index (χ3v) is 4.14. The van der Waals surface area contributed by atoms with E-state index in [4.69, 9.17) is 11.6 Å². The first kappa shape index (κ1) is 12.8. The monoisotopic (exact) mass is 280 g/mol. The highest BCUT2D eigenvalue weighted by molar-refractivity contribution is 6.29. The van der Waals surface area contributed by atoms with Gasteiger partial charge in [-0.25, -0.2) is 0 Å². The van der Waals surface area contributed by atoms with Crippen LogP contribution in [-0.2, 0) is 0 Å². The Bertz CT molecular complexity index is 464. The number of hydrogen-bond donors (Lipinski definition) is 0. The fraction of sp³-hybridized carbons (Fsp3) is 0.615. The molecular formula is C13H17ClN4O. The van der Waals surface area contributed by atoms with Crippen LogP contribution in [0.3, 0.4) is 0 Å². The van der Waals surface area contributed by atoms with E-state index in [0.29, 0.717) is 16.9 Å². The number of amides is 1. The zero-order chi connectivity index (χ0) is 13.2. The second-order valence-corrected chi connectivity index (χ2v) is 5.57. The molecule has 2 saturated heterocycles. The molecule has 0 aliphatic carbocycles. The summed E-state index contributed by atoms with van der Waals surface area (Å²) in [6.45, 7) is 3.88. The summed E-state index contributed by atoms with van der Waals surface area (Å²) < 4.78 is 0. The van der Waals surface area contributed by atoms with Crippen LogP contribution in [0.2, 0.25) is 5.15 Å². The van der Waals surface area contributed by atoms with E-state index in [2.05, 4.69) is 15.1 Å². The van der Waals surface area contributed by atoms with Gasteiger partial charge in [-0.3, -0.25) is 9.69 Å². The summed E-state index contributed by atoms with van der Waals surface area (Å²) in [5, 5.41) is 7.94. The number of fused-ring (bicyclic) bond motifs is 1. The predicted molar refractivity (Wildman–Crippen MR) is 72.2 cm³/mol. The molecule has 0 radical (unpaired) electrons. The van der Waals surface area contributed by atoms with Crippen molar-refractivity contribution in [3.05, 3.63) is 23.0 Å². The van der Waals surface area contributed by atoms with E-state index in [1.807, 2.05) is 4.90 Å². The van der Waals surface area contributed by atoms with Gasteiger partial charge in [0.2, 0.25) is 0 Å². The van der Waals surface area contributed by atoms with Crippen LogP contribution >= 0.6 is 11.6 Å². The fourth-order valence-corrected chi connectivity index (χ4v) is 3.08. The molecule has 1 unspecified atom stereocenters. The van der Waals surface area contributed by atoms with Crippen LogP contribution in [0.15, 0.2) is 12.1 Å². The quantitative estimate of drug-likeness (QED) is 0.781. The van der Waals surface area contributed by atoms with Crippen molar-refractivity contribution in [3.63, 3.8) is 0 Å². The highest BCUT2D eigenvalue weighted by atomic mass is 35.5. The second kappa shape index (κ2) is 5.43. The van der Waals surface area contributed by atoms with Crippen LogP contribution in [0.25, 0.3) is 0 Å². The van der Waals surface area contributed by atoms with Crippen molar-refractivity contribution in [2.75, 3.05) is 26.2 Å². The second-order valence-electron chi connectivity index (χ2n) is 5.18. The zero-order valence-corrected chi connectivity index (χ0v) is 11.5. The van der Waals surface area contributed by atoms with Crippen LogP contribution in [0.4, 0.5) is 0 Å². The molecular weight excluding hydrogens is 264 g/mol. The molecule has 1 aromatic rings. The van der Waals surface area contributed by atoms with Crippen LogP contribution < -0.4 is 0 Å². The SMILES string of the molecule is O=C(c1ccc(Cl)nn1)N1CCCN2CCCC2C1. The summed E-state index contributed by atoms with van der Waals surface area (Å²) in [5.41, 5.74) is 0.385. The fourth-order valence-electron chi connectivity index (χ4n) is 2.98. The molecule has 1 amide bonds. The van der Waals surface area contributed by atoms with E-state index < -0.39 is 0 Å². The van der Waals surface area contributed by atoms with E-state index in [0.717, 1.165) is 26.1 Å². The lowest BCUT2D eigenvalue weighted by molar-refractivity contribution is 0.0736. The third-order valence-electron chi connectivity index (χ3n) is 3.94. The molecule has 2 fully saturated rings. The maximum absolute atomic E-state index is 12.4. The minimum Gasteiger partial charge on any atom is -0.336 e. The lowest BCUT2D eigenvalue weighted by Gasteiger charge is -2.25. The van der Waals surface area contributed by atoms with Crippen molar-refractivity contribution in [2.24, 2.45) is 0 Å². The van der Waals surface area contributed by atoms with Crippen molar-refractivity contribution < 1.29 is 4.79 Å². The van der Waals surface area contributed by atoms with Gasteiger partial charge >= 0.3 is 0 Å². The van der Waals surface area contributed by atoms with Crippen molar-refractivity contribution >= 4 is 17.5 Å². The van der Waals surface area contributed by atoms with Gasteiger partial charge in [0.25, 0.3) is 5.91 Å². The van der Waals surface area contributed by atoms with E-state index >= 15 is 0 Å². The van der Waals surface area contributed by atoms with E-state index in [-0.39, 0.29) is 5.91 Å². The Hall–Kier alpha value is -1.20.